The van der Waals surface area contributed by atoms with E-state index < -0.39 is 0 Å². The maximum Gasteiger partial charge on any atom is 0.162 e. The first-order valence-electron chi connectivity index (χ1n) is 14.5. The van der Waals surface area contributed by atoms with Crippen molar-refractivity contribution in [2.24, 2.45) is 10.8 Å². The van der Waals surface area contributed by atoms with Crippen LogP contribution in [0.5, 0.6) is 11.5 Å². The molecular formula is C33H47NO4. The molecule has 5 nitrogen and oxygen atoms in total. The Hall–Kier alpha value is -2.56. The van der Waals surface area contributed by atoms with Crippen molar-refractivity contribution in [2.45, 2.75) is 105 Å². The molecular weight excluding hydrogens is 474 g/mol. The highest BCUT2D eigenvalue weighted by Crippen LogP contribution is 2.55. The molecule has 0 saturated carbocycles. The van der Waals surface area contributed by atoms with Crippen LogP contribution >= 0.6 is 0 Å². The number of carbonyl (C=O) groups is 2. The van der Waals surface area contributed by atoms with Crippen LogP contribution < -0.4 is 9.47 Å². The van der Waals surface area contributed by atoms with Crippen molar-refractivity contribution in [3.8, 4) is 11.5 Å². The fraction of sp³-hybridized carbons (Fsp3) is 0.636. The Morgan fingerprint density at radius 3 is 1.82 bits per heavy atom. The van der Waals surface area contributed by atoms with Crippen LogP contribution in [0, 0.1) is 10.8 Å². The van der Waals surface area contributed by atoms with Crippen LogP contribution in [0.1, 0.15) is 110 Å². The number of unbranched alkanes of at least 4 members (excludes halogenated alkanes) is 5. The Morgan fingerprint density at radius 2 is 1.29 bits per heavy atom. The molecule has 2 aliphatic carbocycles. The fourth-order valence-electron chi connectivity index (χ4n) is 6.73. The molecule has 208 valence electrons. The zero-order valence-electron chi connectivity index (χ0n) is 24.7. The van der Waals surface area contributed by atoms with Crippen LogP contribution in [0.2, 0.25) is 0 Å². The number of methoxy groups -OCH3 is 2. The third-order valence-electron chi connectivity index (χ3n) is 8.50. The number of hydrogen-bond donors (Lipinski definition) is 0. The second-order valence-electron chi connectivity index (χ2n) is 13.1. The average molecular weight is 522 g/mol. The SMILES string of the molecule is CCCCCCCCN1C2=C(C(=O)CC(C)(C)C2)C(c2ccc(OC)c(OC)c2)C2=C1CC(C)(C)CC2=O. The monoisotopic (exact) mass is 521 g/mol. The number of rotatable bonds is 10. The summed E-state index contributed by atoms with van der Waals surface area (Å²) in [7, 11) is 3.25. The van der Waals surface area contributed by atoms with Crippen LogP contribution in [0.3, 0.4) is 0 Å². The van der Waals surface area contributed by atoms with Gasteiger partial charge in [-0.3, -0.25) is 9.59 Å². The van der Waals surface area contributed by atoms with Gasteiger partial charge in [-0.25, -0.2) is 0 Å². The van der Waals surface area contributed by atoms with Gasteiger partial charge in [0.2, 0.25) is 0 Å². The standard InChI is InChI=1S/C33H47NO4/c1-8-9-10-11-12-13-16-34-23-18-32(2,3)20-25(35)30(23)29(22-14-15-27(37-6)28(17-22)38-7)31-24(34)19-33(4,5)21-26(31)36/h14-15,17,29H,8-13,16,18-21H2,1-7H3. The van der Waals surface area contributed by atoms with E-state index in [4.69, 9.17) is 9.47 Å². The quantitative estimate of drug-likeness (QED) is 0.295. The second-order valence-corrected chi connectivity index (χ2v) is 13.1. The van der Waals surface area contributed by atoms with Crippen LogP contribution in [0.25, 0.3) is 0 Å². The average Bonchev–Trinajstić information content (AvgIpc) is 2.84. The number of benzene rings is 1. The molecule has 1 heterocycles. The van der Waals surface area contributed by atoms with Crippen molar-refractivity contribution >= 4 is 11.6 Å². The van der Waals surface area contributed by atoms with Gasteiger partial charge in [0.05, 0.1) is 14.2 Å². The minimum atomic E-state index is -0.354. The summed E-state index contributed by atoms with van der Waals surface area (Å²) in [4.78, 5) is 30.3. The largest absolute Gasteiger partial charge is 0.493 e. The van der Waals surface area contributed by atoms with E-state index in [2.05, 4.69) is 39.5 Å². The number of ether oxygens (including phenoxy) is 2. The van der Waals surface area contributed by atoms with Crippen LogP contribution in [-0.2, 0) is 9.59 Å². The summed E-state index contributed by atoms with van der Waals surface area (Å²) in [6.07, 6.45) is 9.98. The molecule has 0 fully saturated rings. The van der Waals surface area contributed by atoms with E-state index in [9.17, 15) is 9.59 Å². The van der Waals surface area contributed by atoms with Crippen LogP contribution in [-0.4, -0.2) is 37.2 Å². The summed E-state index contributed by atoms with van der Waals surface area (Å²) in [6, 6.07) is 5.86. The molecule has 3 aliphatic rings. The number of allylic oxidation sites excluding steroid dienone is 4. The Morgan fingerprint density at radius 1 is 0.763 bits per heavy atom. The highest BCUT2D eigenvalue weighted by molar-refractivity contribution is 6.06. The highest BCUT2D eigenvalue weighted by Gasteiger charge is 2.48. The molecule has 0 N–H and O–H groups in total. The van der Waals surface area contributed by atoms with Crippen LogP contribution in [0.15, 0.2) is 40.7 Å². The first kappa shape index (κ1) is 28.4. The Kier molecular flexibility index (Phi) is 8.44. The minimum absolute atomic E-state index is 0.107. The van der Waals surface area contributed by atoms with Gasteiger partial charge in [-0.15, -0.1) is 0 Å². The van der Waals surface area contributed by atoms with E-state index >= 15 is 0 Å². The molecule has 0 atom stereocenters. The number of carbonyl (C=O) groups excluding carboxylic acids is 2. The van der Waals surface area contributed by atoms with Gasteiger partial charge < -0.3 is 14.4 Å². The normalized spacial score (nSPS) is 21.0. The number of hydrogen-bond acceptors (Lipinski definition) is 5. The van der Waals surface area contributed by atoms with Crippen LogP contribution in [0.4, 0.5) is 0 Å². The summed E-state index contributed by atoms with van der Waals surface area (Å²) in [5.41, 5.74) is 4.66. The summed E-state index contributed by atoms with van der Waals surface area (Å²) < 4.78 is 11.1. The number of Topliss-reactive ketones (excluding diaryl/α,β-unsaturated/α-hetero) is 2. The molecule has 0 amide bonds. The predicted octanol–water partition coefficient (Wildman–Crippen LogP) is 7.75. The van der Waals surface area contributed by atoms with Gasteiger partial charge in [-0.05, 0) is 47.8 Å². The van der Waals surface area contributed by atoms with Gasteiger partial charge in [0.1, 0.15) is 0 Å². The second kappa shape index (κ2) is 11.3. The molecule has 5 heteroatoms. The molecule has 0 saturated heterocycles. The molecule has 0 radical (unpaired) electrons. The molecule has 1 aromatic rings. The van der Waals surface area contributed by atoms with Gasteiger partial charge in [0.25, 0.3) is 0 Å². The van der Waals surface area contributed by atoms with Crippen molar-refractivity contribution < 1.29 is 19.1 Å². The summed E-state index contributed by atoms with van der Waals surface area (Å²) in [5, 5.41) is 0. The number of nitrogens with zero attached hydrogens (tertiary/aromatic N) is 1. The lowest BCUT2D eigenvalue weighted by Crippen LogP contribution is -2.44. The molecule has 0 spiro atoms. The van der Waals surface area contributed by atoms with Gasteiger partial charge in [-0.1, -0.05) is 72.8 Å². The van der Waals surface area contributed by atoms with E-state index in [0.717, 1.165) is 53.9 Å². The fourth-order valence-corrected chi connectivity index (χ4v) is 6.73. The van der Waals surface area contributed by atoms with E-state index in [-0.39, 0.29) is 28.3 Å². The Balaban J connectivity index is 1.84. The Labute approximate surface area is 229 Å². The molecule has 0 aromatic heterocycles. The summed E-state index contributed by atoms with van der Waals surface area (Å²) in [5.74, 6) is 1.26. The van der Waals surface area contributed by atoms with Gasteiger partial charge in [0, 0.05) is 47.8 Å². The van der Waals surface area contributed by atoms with Crippen molar-refractivity contribution in [2.75, 3.05) is 20.8 Å². The lowest BCUT2D eigenvalue weighted by Gasteiger charge is -2.49. The van der Waals surface area contributed by atoms with E-state index in [1.54, 1.807) is 14.2 Å². The maximum atomic E-state index is 13.9. The highest BCUT2D eigenvalue weighted by atomic mass is 16.5. The zero-order valence-corrected chi connectivity index (χ0v) is 24.7. The summed E-state index contributed by atoms with van der Waals surface area (Å²) >= 11 is 0. The molecule has 38 heavy (non-hydrogen) atoms. The lowest BCUT2D eigenvalue weighted by molar-refractivity contribution is -0.119. The lowest BCUT2D eigenvalue weighted by atomic mass is 9.63. The molecule has 1 aliphatic heterocycles. The predicted molar refractivity (Wildman–Crippen MR) is 152 cm³/mol. The minimum Gasteiger partial charge on any atom is -0.493 e. The third-order valence-corrected chi connectivity index (χ3v) is 8.50. The topological polar surface area (TPSA) is 55.8 Å². The zero-order chi connectivity index (χ0) is 27.7. The van der Waals surface area contributed by atoms with Gasteiger partial charge in [0.15, 0.2) is 23.1 Å². The first-order chi connectivity index (χ1) is 18.0. The third kappa shape index (κ3) is 5.72. The molecule has 0 bridgehead atoms. The van der Waals surface area contributed by atoms with Crippen molar-refractivity contribution in [3.63, 3.8) is 0 Å². The Bertz CT molecular complexity index is 1090. The van der Waals surface area contributed by atoms with Crippen molar-refractivity contribution in [1.82, 2.24) is 4.90 Å². The van der Waals surface area contributed by atoms with Crippen molar-refractivity contribution in [1.29, 1.82) is 0 Å². The summed E-state index contributed by atoms with van der Waals surface area (Å²) in [6.45, 7) is 11.9. The van der Waals surface area contributed by atoms with E-state index in [1.807, 2.05) is 18.2 Å². The number of ketones is 2. The molecule has 0 unspecified atom stereocenters. The smallest absolute Gasteiger partial charge is 0.162 e. The van der Waals surface area contributed by atoms with Crippen molar-refractivity contribution in [3.05, 3.63) is 46.3 Å². The molecule has 1 aromatic carbocycles. The van der Waals surface area contributed by atoms with Gasteiger partial charge in [-0.2, -0.15) is 0 Å². The first-order valence-corrected chi connectivity index (χ1v) is 14.5. The molecule has 4 rings (SSSR count). The maximum absolute atomic E-state index is 13.9. The van der Waals surface area contributed by atoms with E-state index in [1.165, 1.54) is 32.1 Å². The van der Waals surface area contributed by atoms with E-state index in [0.29, 0.717) is 24.3 Å². The van der Waals surface area contributed by atoms with Gasteiger partial charge >= 0.3 is 0 Å².